The van der Waals surface area contributed by atoms with Crippen LogP contribution in [-0.2, 0) is 4.74 Å². The summed E-state index contributed by atoms with van der Waals surface area (Å²) in [6.07, 6.45) is 4.30. The summed E-state index contributed by atoms with van der Waals surface area (Å²) >= 11 is 0. The first-order chi connectivity index (χ1) is 6.70. The molecule has 0 fully saturated rings. The second-order valence-electron chi connectivity index (χ2n) is 5.47. The van der Waals surface area contributed by atoms with Gasteiger partial charge in [-0.3, -0.25) is 0 Å². The van der Waals surface area contributed by atoms with Crippen molar-refractivity contribution in [3.05, 3.63) is 12.2 Å². The van der Waals surface area contributed by atoms with Gasteiger partial charge in [0.2, 0.25) is 0 Å². The Hall–Kier alpha value is -0.340. The van der Waals surface area contributed by atoms with Crippen molar-refractivity contribution in [1.29, 1.82) is 0 Å². The largest absolute Gasteiger partial charge is 0.390 e. The van der Waals surface area contributed by atoms with Gasteiger partial charge in [-0.2, -0.15) is 0 Å². The van der Waals surface area contributed by atoms with Crippen molar-refractivity contribution in [2.45, 2.75) is 58.8 Å². The van der Waals surface area contributed by atoms with Crippen molar-refractivity contribution < 1.29 is 9.84 Å². The number of hydrogen-bond donors (Lipinski definition) is 1. The third-order valence-corrected chi connectivity index (χ3v) is 4.04. The molecule has 2 nitrogen and oxygen atoms in total. The smallest absolute Gasteiger partial charge is 0.0896 e. The molecular formula is C13H24O2. The van der Waals surface area contributed by atoms with E-state index in [0.29, 0.717) is 0 Å². The van der Waals surface area contributed by atoms with Gasteiger partial charge in [0.25, 0.3) is 0 Å². The highest BCUT2D eigenvalue weighted by Gasteiger charge is 2.45. The molecule has 0 aliphatic carbocycles. The molecule has 0 saturated heterocycles. The summed E-state index contributed by atoms with van der Waals surface area (Å²) in [7, 11) is 0. The zero-order chi connectivity index (χ0) is 11.9. The van der Waals surface area contributed by atoms with Gasteiger partial charge < -0.3 is 9.84 Å². The van der Waals surface area contributed by atoms with Gasteiger partial charge in [0.15, 0.2) is 0 Å². The minimum atomic E-state index is -0.705. The van der Waals surface area contributed by atoms with E-state index in [1.165, 1.54) is 0 Å². The summed E-state index contributed by atoms with van der Waals surface area (Å²) in [6, 6.07) is 0. The fourth-order valence-corrected chi connectivity index (χ4v) is 2.13. The maximum atomic E-state index is 10.5. The predicted molar refractivity (Wildman–Crippen MR) is 62.7 cm³/mol. The second-order valence-corrected chi connectivity index (χ2v) is 5.47. The van der Waals surface area contributed by atoms with Crippen molar-refractivity contribution in [1.82, 2.24) is 0 Å². The minimum Gasteiger partial charge on any atom is -0.390 e. The second kappa shape index (κ2) is 3.91. The minimum absolute atomic E-state index is 0.0752. The summed E-state index contributed by atoms with van der Waals surface area (Å²) in [5.41, 5.74) is -1.05. The van der Waals surface area contributed by atoms with Gasteiger partial charge in [0, 0.05) is 5.92 Å². The number of hydrogen-bond acceptors (Lipinski definition) is 2. The van der Waals surface area contributed by atoms with Crippen LogP contribution in [0.1, 0.15) is 41.5 Å². The zero-order valence-corrected chi connectivity index (χ0v) is 10.7. The van der Waals surface area contributed by atoms with E-state index in [1.54, 1.807) is 0 Å². The van der Waals surface area contributed by atoms with E-state index >= 15 is 0 Å². The van der Waals surface area contributed by atoms with Gasteiger partial charge in [-0.1, -0.05) is 32.9 Å². The third kappa shape index (κ3) is 2.26. The van der Waals surface area contributed by atoms with E-state index in [-0.39, 0.29) is 23.5 Å². The Kier molecular flexibility index (Phi) is 3.32. The first-order valence-corrected chi connectivity index (χ1v) is 5.79. The lowest BCUT2D eigenvalue weighted by atomic mass is 9.73. The van der Waals surface area contributed by atoms with Crippen molar-refractivity contribution in [3.8, 4) is 0 Å². The van der Waals surface area contributed by atoms with Crippen LogP contribution < -0.4 is 0 Å². The fourth-order valence-electron chi connectivity index (χ4n) is 2.13. The molecule has 0 saturated carbocycles. The molecule has 0 unspecified atom stereocenters. The fraction of sp³-hybridized carbons (Fsp3) is 0.846. The molecule has 2 heteroatoms. The first kappa shape index (κ1) is 12.7. The molecule has 88 valence electrons. The van der Waals surface area contributed by atoms with Crippen LogP contribution in [0, 0.1) is 11.8 Å². The third-order valence-electron chi connectivity index (χ3n) is 4.04. The van der Waals surface area contributed by atoms with Gasteiger partial charge in [0.05, 0.1) is 17.3 Å². The molecule has 1 aliphatic rings. The molecule has 15 heavy (non-hydrogen) atoms. The van der Waals surface area contributed by atoms with Crippen molar-refractivity contribution in [2.24, 2.45) is 11.8 Å². The van der Waals surface area contributed by atoms with Crippen LogP contribution in [0.3, 0.4) is 0 Å². The summed E-state index contributed by atoms with van der Waals surface area (Å²) in [4.78, 5) is 0. The van der Waals surface area contributed by atoms with E-state index in [2.05, 4.69) is 26.0 Å². The first-order valence-electron chi connectivity index (χ1n) is 5.79. The van der Waals surface area contributed by atoms with Crippen LogP contribution in [-0.4, -0.2) is 22.4 Å². The summed E-state index contributed by atoms with van der Waals surface area (Å²) in [5.74, 6) is 0.295. The Bertz CT molecular complexity index is 255. The van der Waals surface area contributed by atoms with E-state index in [9.17, 15) is 5.11 Å². The lowest BCUT2D eigenvalue weighted by Crippen LogP contribution is -2.50. The molecule has 1 aliphatic heterocycles. The summed E-state index contributed by atoms with van der Waals surface area (Å²) < 4.78 is 5.88. The summed E-state index contributed by atoms with van der Waals surface area (Å²) in [5, 5.41) is 10.5. The number of rotatable bonds is 3. The van der Waals surface area contributed by atoms with Gasteiger partial charge in [-0.25, -0.2) is 0 Å². The van der Waals surface area contributed by atoms with E-state index < -0.39 is 5.60 Å². The van der Waals surface area contributed by atoms with Crippen LogP contribution in [0.25, 0.3) is 0 Å². The van der Waals surface area contributed by atoms with Crippen molar-refractivity contribution >= 4 is 0 Å². The lowest BCUT2D eigenvalue weighted by molar-refractivity contribution is -0.130. The van der Waals surface area contributed by atoms with E-state index in [4.69, 9.17) is 4.74 Å². The standard InChI is InChI=1S/C13H24O2/c1-9(2)13(6,14)11(4)12(5)8-7-10(3)15-12/h7-11,14H,1-6H3/t10-,11-,12+,13+/m0/s1. The summed E-state index contributed by atoms with van der Waals surface area (Å²) in [6.45, 7) is 12.1. The van der Waals surface area contributed by atoms with Crippen LogP contribution in [0.15, 0.2) is 12.2 Å². The maximum absolute atomic E-state index is 10.5. The highest BCUT2D eigenvalue weighted by atomic mass is 16.5. The van der Waals surface area contributed by atoms with Crippen LogP contribution >= 0.6 is 0 Å². The predicted octanol–water partition coefficient (Wildman–Crippen LogP) is 2.76. The average molecular weight is 212 g/mol. The quantitative estimate of drug-likeness (QED) is 0.729. The molecule has 4 atom stereocenters. The molecule has 0 aromatic heterocycles. The Morgan fingerprint density at radius 2 is 1.93 bits per heavy atom. The molecule has 0 radical (unpaired) electrons. The van der Waals surface area contributed by atoms with Gasteiger partial charge in [-0.15, -0.1) is 0 Å². The Labute approximate surface area is 93.3 Å². The Balaban J connectivity index is 2.85. The number of aliphatic hydroxyl groups is 1. The van der Waals surface area contributed by atoms with Gasteiger partial charge in [0.1, 0.15) is 0 Å². The molecule has 0 aromatic rings. The van der Waals surface area contributed by atoms with Crippen molar-refractivity contribution in [2.75, 3.05) is 0 Å². The monoisotopic (exact) mass is 212 g/mol. The molecule has 1 heterocycles. The Morgan fingerprint density at radius 3 is 2.27 bits per heavy atom. The van der Waals surface area contributed by atoms with Crippen LogP contribution in [0.5, 0.6) is 0 Å². The van der Waals surface area contributed by atoms with E-state index in [0.717, 1.165) is 0 Å². The van der Waals surface area contributed by atoms with Crippen LogP contribution in [0.2, 0.25) is 0 Å². The van der Waals surface area contributed by atoms with Gasteiger partial charge in [-0.05, 0) is 26.7 Å². The number of ether oxygens (including phenoxy) is 1. The molecular weight excluding hydrogens is 188 g/mol. The van der Waals surface area contributed by atoms with Crippen LogP contribution in [0.4, 0.5) is 0 Å². The lowest BCUT2D eigenvalue weighted by Gasteiger charge is -2.42. The van der Waals surface area contributed by atoms with E-state index in [1.807, 2.05) is 27.7 Å². The average Bonchev–Trinajstić information content (AvgIpc) is 2.46. The maximum Gasteiger partial charge on any atom is 0.0896 e. The molecule has 1 N–H and O–H groups in total. The molecule has 0 aromatic carbocycles. The zero-order valence-electron chi connectivity index (χ0n) is 10.7. The molecule has 0 amide bonds. The topological polar surface area (TPSA) is 29.5 Å². The normalized spacial score (nSPS) is 36.9. The molecule has 1 rings (SSSR count). The molecule has 0 bridgehead atoms. The SMILES string of the molecule is CC(C)[C@@](C)(O)[C@@H](C)[C@@]1(C)C=C[C@H](C)O1. The Morgan fingerprint density at radius 1 is 1.40 bits per heavy atom. The highest BCUT2D eigenvalue weighted by molar-refractivity contribution is 5.13. The molecule has 0 spiro atoms. The highest BCUT2D eigenvalue weighted by Crippen LogP contribution is 2.39. The van der Waals surface area contributed by atoms with Gasteiger partial charge >= 0.3 is 0 Å². The van der Waals surface area contributed by atoms with Crippen molar-refractivity contribution in [3.63, 3.8) is 0 Å².